The fourth-order valence-corrected chi connectivity index (χ4v) is 8.39. The predicted molar refractivity (Wildman–Crippen MR) is 232 cm³/mol. The number of rotatable bonds is 6. The van der Waals surface area contributed by atoms with Crippen LogP contribution in [0.4, 0.5) is 0 Å². The van der Waals surface area contributed by atoms with Crippen molar-refractivity contribution in [1.82, 2.24) is 19.1 Å². The molecule has 0 atom stereocenters. The number of para-hydroxylation sites is 4. The minimum atomic E-state index is 0.707. The number of hydrogen-bond acceptors (Lipinski definition) is 2. The van der Waals surface area contributed by atoms with E-state index < -0.39 is 0 Å². The van der Waals surface area contributed by atoms with E-state index in [1.165, 1.54) is 43.7 Å². The van der Waals surface area contributed by atoms with E-state index in [9.17, 15) is 0 Å². The first kappa shape index (κ1) is 31.9. The molecule has 0 spiro atoms. The molecule has 0 aliphatic rings. The quantitative estimate of drug-likeness (QED) is 0.172. The Bertz CT molecular complexity index is 3170. The first-order chi connectivity index (χ1) is 27.8. The van der Waals surface area contributed by atoms with Gasteiger partial charge in [-0.2, -0.15) is 0 Å². The number of aromatic nitrogens is 4. The van der Waals surface area contributed by atoms with E-state index in [1.54, 1.807) is 0 Å². The molecule has 0 fully saturated rings. The molecule has 11 rings (SSSR count). The number of fused-ring (bicyclic) bond motifs is 6. The van der Waals surface area contributed by atoms with Crippen molar-refractivity contribution in [3.8, 4) is 56.4 Å². The zero-order valence-corrected chi connectivity index (χ0v) is 30.4. The topological polar surface area (TPSA) is 35.6 Å². The molecule has 3 aromatic heterocycles. The van der Waals surface area contributed by atoms with Gasteiger partial charge in [-0.05, 0) is 60.2 Å². The van der Waals surface area contributed by atoms with Gasteiger partial charge >= 0.3 is 0 Å². The number of hydrogen-bond donors (Lipinski definition) is 0. The maximum Gasteiger partial charge on any atom is 0.160 e. The summed E-state index contributed by atoms with van der Waals surface area (Å²) >= 11 is 0. The van der Waals surface area contributed by atoms with Gasteiger partial charge in [-0.3, -0.25) is 0 Å². The second-order valence-electron chi connectivity index (χ2n) is 14.2. The molecular weight excluding hydrogens is 681 g/mol. The van der Waals surface area contributed by atoms with E-state index in [-0.39, 0.29) is 0 Å². The van der Waals surface area contributed by atoms with Crippen molar-refractivity contribution in [2.24, 2.45) is 0 Å². The summed E-state index contributed by atoms with van der Waals surface area (Å²) in [6, 6.07) is 73.2. The summed E-state index contributed by atoms with van der Waals surface area (Å²) in [6.45, 7) is 0. The van der Waals surface area contributed by atoms with Crippen molar-refractivity contribution >= 4 is 43.6 Å². The molecule has 56 heavy (non-hydrogen) atoms. The maximum absolute atomic E-state index is 5.14. The van der Waals surface area contributed by atoms with Crippen LogP contribution in [0.2, 0.25) is 0 Å². The average molecular weight is 715 g/mol. The smallest absolute Gasteiger partial charge is 0.160 e. The van der Waals surface area contributed by atoms with Crippen molar-refractivity contribution in [3.63, 3.8) is 0 Å². The van der Waals surface area contributed by atoms with Gasteiger partial charge in [0.15, 0.2) is 5.82 Å². The fourth-order valence-electron chi connectivity index (χ4n) is 8.39. The third kappa shape index (κ3) is 5.23. The first-order valence-corrected chi connectivity index (χ1v) is 19.0. The molecule has 0 bridgehead atoms. The lowest BCUT2D eigenvalue weighted by Crippen LogP contribution is -1.98. The fraction of sp³-hybridized carbons (Fsp3) is 0. The third-order valence-electron chi connectivity index (χ3n) is 10.9. The Morgan fingerprint density at radius 2 is 0.839 bits per heavy atom. The monoisotopic (exact) mass is 714 g/mol. The minimum Gasteiger partial charge on any atom is -0.309 e. The van der Waals surface area contributed by atoms with Gasteiger partial charge in [-0.15, -0.1) is 0 Å². The Kier molecular flexibility index (Phi) is 7.46. The van der Waals surface area contributed by atoms with Gasteiger partial charge < -0.3 is 9.13 Å². The van der Waals surface area contributed by atoms with Crippen LogP contribution in [0.25, 0.3) is 100 Å². The summed E-state index contributed by atoms with van der Waals surface area (Å²) in [7, 11) is 0. The van der Waals surface area contributed by atoms with Gasteiger partial charge in [-0.1, -0.05) is 152 Å². The molecule has 0 amide bonds. The lowest BCUT2D eigenvalue weighted by Gasteiger charge is -2.13. The third-order valence-corrected chi connectivity index (χ3v) is 10.9. The summed E-state index contributed by atoms with van der Waals surface area (Å²) in [5.74, 6) is 0.707. The van der Waals surface area contributed by atoms with Crippen LogP contribution in [0.1, 0.15) is 0 Å². The normalized spacial score (nSPS) is 11.6. The van der Waals surface area contributed by atoms with E-state index in [2.05, 4.69) is 191 Å². The summed E-state index contributed by atoms with van der Waals surface area (Å²) in [4.78, 5) is 10.2. The van der Waals surface area contributed by atoms with Crippen LogP contribution in [0.3, 0.4) is 0 Å². The summed E-state index contributed by atoms with van der Waals surface area (Å²) in [5, 5.41) is 4.92. The molecule has 4 heteroatoms. The van der Waals surface area contributed by atoms with Gasteiger partial charge in [0.05, 0.1) is 33.5 Å². The molecule has 4 nitrogen and oxygen atoms in total. The molecule has 3 heterocycles. The minimum absolute atomic E-state index is 0.707. The summed E-state index contributed by atoms with van der Waals surface area (Å²) in [6.07, 6.45) is 0. The maximum atomic E-state index is 5.14. The van der Waals surface area contributed by atoms with Gasteiger partial charge in [-0.25, -0.2) is 9.97 Å². The number of nitrogens with zero attached hydrogens (tertiary/aromatic N) is 4. The molecule has 11 aromatic rings. The van der Waals surface area contributed by atoms with Gasteiger partial charge in [0, 0.05) is 55.2 Å². The summed E-state index contributed by atoms with van der Waals surface area (Å²) in [5.41, 5.74) is 14.2. The molecule has 0 N–H and O–H groups in total. The largest absolute Gasteiger partial charge is 0.309 e. The molecule has 0 saturated carbocycles. The van der Waals surface area contributed by atoms with Gasteiger partial charge in [0.1, 0.15) is 0 Å². The van der Waals surface area contributed by atoms with Crippen molar-refractivity contribution < 1.29 is 0 Å². The van der Waals surface area contributed by atoms with E-state index in [0.29, 0.717) is 5.82 Å². The molecule has 0 unspecified atom stereocenters. The molecule has 0 aliphatic heterocycles. The van der Waals surface area contributed by atoms with Crippen molar-refractivity contribution in [2.45, 2.75) is 0 Å². The number of benzene rings is 8. The van der Waals surface area contributed by atoms with Crippen molar-refractivity contribution in [3.05, 3.63) is 206 Å². The Morgan fingerprint density at radius 3 is 1.59 bits per heavy atom. The molecule has 0 radical (unpaired) electrons. The zero-order chi connectivity index (χ0) is 37.0. The van der Waals surface area contributed by atoms with Crippen LogP contribution < -0.4 is 0 Å². The van der Waals surface area contributed by atoms with Crippen LogP contribution >= 0.6 is 0 Å². The molecular formula is C52H34N4. The second kappa shape index (κ2) is 13.1. The molecule has 262 valence electrons. The highest BCUT2D eigenvalue weighted by Gasteiger charge is 2.19. The van der Waals surface area contributed by atoms with E-state index in [4.69, 9.17) is 9.97 Å². The standard InChI is InChI=1S/C52H34N4/c1-4-16-35(17-5-1)46-34-47(54-52(53-46)36-18-6-2-7-19-36)38-20-14-23-40(32-38)55-48-28-12-11-25-43(48)45-33-37(30-31-50(45)55)41-26-15-27-44-42-24-10-13-29-49(42)56(51(41)44)39-21-8-3-9-22-39/h1-34H. The van der Waals surface area contributed by atoms with Gasteiger partial charge in [0.25, 0.3) is 0 Å². The average Bonchev–Trinajstić information content (AvgIpc) is 3.80. The Morgan fingerprint density at radius 1 is 0.304 bits per heavy atom. The SMILES string of the molecule is c1ccc(-c2cc(-c3cccc(-n4c5ccccc5c5cc(-c6cccc7c8ccccc8n(-c8ccccc8)c67)ccc54)c3)nc(-c3ccccc3)n2)cc1. The van der Waals surface area contributed by atoms with E-state index >= 15 is 0 Å². The van der Waals surface area contributed by atoms with Crippen LogP contribution in [0, 0.1) is 0 Å². The highest BCUT2D eigenvalue weighted by Crippen LogP contribution is 2.41. The van der Waals surface area contributed by atoms with E-state index in [0.717, 1.165) is 50.5 Å². The Hall–Kier alpha value is -7.56. The Balaban J connectivity index is 1.09. The van der Waals surface area contributed by atoms with Crippen LogP contribution in [0.5, 0.6) is 0 Å². The summed E-state index contributed by atoms with van der Waals surface area (Å²) < 4.78 is 4.80. The van der Waals surface area contributed by atoms with E-state index in [1.807, 2.05) is 24.3 Å². The molecule has 0 saturated heterocycles. The molecule has 0 aliphatic carbocycles. The first-order valence-electron chi connectivity index (χ1n) is 19.0. The highest BCUT2D eigenvalue weighted by molar-refractivity contribution is 6.15. The highest BCUT2D eigenvalue weighted by atomic mass is 15.0. The lowest BCUT2D eigenvalue weighted by atomic mass is 10.00. The van der Waals surface area contributed by atoms with Crippen LogP contribution in [-0.4, -0.2) is 19.1 Å². The lowest BCUT2D eigenvalue weighted by molar-refractivity contribution is 1.16. The van der Waals surface area contributed by atoms with Gasteiger partial charge in [0.2, 0.25) is 0 Å². The predicted octanol–water partition coefficient (Wildman–Crippen LogP) is 13.3. The van der Waals surface area contributed by atoms with Crippen LogP contribution in [0.15, 0.2) is 206 Å². The zero-order valence-electron chi connectivity index (χ0n) is 30.4. The van der Waals surface area contributed by atoms with Crippen LogP contribution in [-0.2, 0) is 0 Å². The van der Waals surface area contributed by atoms with Crippen molar-refractivity contribution in [1.29, 1.82) is 0 Å². The van der Waals surface area contributed by atoms with Crippen molar-refractivity contribution in [2.75, 3.05) is 0 Å². The molecule has 8 aromatic carbocycles. The Labute approximate surface area is 324 Å². The second-order valence-corrected chi connectivity index (χ2v) is 14.2.